The first-order valence-electron chi connectivity index (χ1n) is 14.8. The largest absolute Gasteiger partial charge is 0.358 e. The van der Waals surface area contributed by atoms with Crippen molar-refractivity contribution in [1.29, 1.82) is 0 Å². The van der Waals surface area contributed by atoms with E-state index in [0.29, 0.717) is 5.92 Å². The maximum Gasteiger partial charge on any atom is -0.171 e. The third kappa shape index (κ3) is 10.1. The second kappa shape index (κ2) is 16.3. The van der Waals surface area contributed by atoms with Gasteiger partial charge in [0.2, 0.25) is 0 Å². The normalized spacial score (nSPS) is 14.4. The molecule has 0 saturated carbocycles. The summed E-state index contributed by atoms with van der Waals surface area (Å²) in [5.74, 6) is 0.468. The van der Waals surface area contributed by atoms with Crippen LogP contribution >= 0.6 is 0 Å². The number of rotatable bonds is 1. The standard InChI is InChI=1S/C21H25.C13H13.C6H5.CH3.CH2.Zr/c1-20(2,3)16-9-7-14-11-15-8-10-17(21(4,5)6)13-19(15)18(14)12-16;1-10-8-11(2)13(9-10)12-6-4-3-5-7-12;1-2-4-6-5-3-1;;;/h7,9-10,12-13H,11H2,1-6H3;3-7,9-10H,1-2H3;1-5H;1H3;1H2;/q4*-1;;. The van der Waals surface area contributed by atoms with Crippen molar-refractivity contribution >= 4 is 9.78 Å². The van der Waals surface area contributed by atoms with Gasteiger partial charge in [-0.05, 0) is 17.4 Å². The van der Waals surface area contributed by atoms with E-state index in [1.54, 1.807) is 0 Å². The van der Waals surface area contributed by atoms with Crippen molar-refractivity contribution in [1.82, 2.24) is 0 Å². The molecule has 0 amide bonds. The predicted octanol–water partition coefficient (Wildman–Crippen LogP) is 11.0. The Hall–Kier alpha value is -2.89. The van der Waals surface area contributed by atoms with E-state index >= 15 is 0 Å². The fourth-order valence-electron chi connectivity index (χ4n) is 5.09. The van der Waals surface area contributed by atoms with Crippen molar-refractivity contribution in [2.75, 3.05) is 0 Å². The smallest absolute Gasteiger partial charge is 0.171 e. The molecule has 0 saturated heterocycles. The molecule has 4 aromatic rings. The maximum atomic E-state index is 3.53. The molecule has 224 valence electrons. The minimum atomic E-state index is 0. The van der Waals surface area contributed by atoms with Crippen LogP contribution in [0.25, 0.3) is 16.7 Å². The van der Waals surface area contributed by atoms with Gasteiger partial charge in [-0.2, -0.15) is 77.4 Å². The summed E-state index contributed by atoms with van der Waals surface area (Å²) in [5, 5.41) is 0. The van der Waals surface area contributed by atoms with Gasteiger partial charge in [0, 0.05) is 0 Å². The summed E-state index contributed by atoms with van der Waals surface area (Å²) < 4.78 is 3.34. The Labute approximate surface area is 278 Å². The fraction of sp³-hybridized carbons (Fsp3) is 0.286. The molecule has 1 unspecified atom stereocenters. The van der Waals surface area contributed by atoms with Crippen molar-refractivity contribution in [3.63, 3.8) is 0 Å². The van der Waals surface area contributed by atoms with Crippen LogP contribution < -0.4 is 0 Å². The predicted molar refractivity (Wildman–Crippen MR) is 186 cm³/mol. The molecule has 1 atom stereocenters. The Morgan fingerprint density at radius 1 is 0.767 bits per heavy atom. The van der Waals surface area contributed by atoms with Crippen LogP contribution in [0.15, 0.2) is 103 Å². The van der Waals surface area contributed by atoms with Gasteiger partial charge in [-0.1, -0.05) is 126 Å². The van der Waals surface area contributed by atoms with E-state index in [0.717, 1.165) is 6.42 Å². The van der Waals surface area contributed by atoms with Crippen molar-refractivity contribution in [3.05, 3.63) is 156 Å². The monoisotopic (exact) mass is 642 g/mol. The van der Waals surface area contributed by atoms with Crippen LogP contribution in [0, 0.1) is 31.6 Å². The van der Waals surface area contributed by atoms with Crippen LogP contribution in [0.2, 0.25) is 0 Å². The van der Waals surface area contributed by atoms with Gasteiger partial charge in [-0.15, -0.1) is 11.1 Å². The molecular formula is C42H48Zr-4. The van der Waals surface area contributed by atoms with Crippen molar-refractivity contribution < 1.29 is 24.2 Å². The first-order valence-corrected chi connectivity index (χ1v) is 16.5. The first-order chi connectivity index (χ1) is 19.9. The molecule has 1 heteroatoms. The third-order valence-electron chi connectivity index (χ3n) is 7.48. The summed E-state index contributed by atoms with van der Waals surface area (Å²) in [4.78, 5) is 0. The van der Waals surface area contributed by atoms with E-state index in [2.05, 4.69) is 138 Å². The van der Waals surface area contributed by atoms with Crippen LogP contribution in [0.1, 0.15) is 83.2 Å². The zero-order valence-electron chi connectivity index (χ0n) is 27.7. The third-order valence-corrected chi connectivity index (χ3v) is 7.48. The zero-order valence-corrected chi connectivity index (χ0v) is 30.2. The molecule has 0 spiro atoms. The molecule has 0 bridgehead atoms. The van der Waals surface area contributed by atoms with E-state index in [4.69, 9.17) is 0 Å². The molecule has 0 fully saturated rings. The fourth-order valence-corrected chi connectivity index (χ4v) is 5.09. The van der Waals surface area contributed by atoms with Crippen LogP contribution in [0.3, 0.4) is 0 Å². The Morgan fingerprint density at radius 2 is 1.35 bits per heavy atom. The topological polar surface area (TPSA) is 0 Å². The number of hydrogen-bond donors (Lipinski definition) is 0. The van der Waals surface area contributed by atoms with Gasteiger partial charge in [0.1, 0.15) is 0 Å². The maximum absolute atomic E-state index is 3.53. The summed E-state index contributed by atoms with van der Waals surface area (Å²) in [6.45, 7) is 17.9. The van der Waals surface area contributed by atoms with Crippen molar-refractivity contribution in [2.24, 2.45) is 5.92 Å². The molecule has 43 heavy (non-hydrogen) atoms. The van der Waals surface area contributed by atoms with Crippen molar-refractivity contribution in [2.45, 2.75) is 72.6 Å². The number of hydrogen-bond acceptors (Lipinski definition) is 0. The summed E-state index contributed by atoms with van der Waals surface area (Å²) in [5.41, 5.74) is 12.7. The van der Waals surface area contributed by atoms with Crippen LogP contribution in [0.4, 0.5) is 0 Å². The first kappa shape index (κ1) is 36.3. The molecule has 0 N–H and O–H groups in total. The second-order valence-electron chi connectivity index (χ2n) is 12.9. The van der Waals surface area contributed by atoms with Crippen molar-refractivity contribution in [3.8, 4) is 11.1 Å². The minimum Gasteiger partial charge on any atom is -0.358 e. The van der Waals surface area contributed by atoms with Gasteiger partial charge >= 0.3 is 28.4 Å². The van der Waals surface area contributed by atoms with Gasteiger partial charge in [0.25, 0.3) is 0 Å². The molecular weight excluding hydrogens is 596 g/mol. The summed E-state index contributed by atoms with van der Waals surface area (Å²) in [6.07, 6.45) is 6.69. The van der Waals surface area contributed by atoms with Gasteiger partial charge < -0.3 is 7.43 Å². The molecule has 2 aliphatic carbocycles. The Kier molecular flexibility index (Phi) is 13.7. The number of allylic oxidation sites excluding steroid dienone is 4. The van der Waals surface area contributed by atoms with Gasteiger partial charge in [-0.25, -0.2) is 5.57 Å². The van der Waals surface area contributed by atoms with E-state index in [-0.39, 0.29) is 18.3 Å². The van der Waals surface area contributed by atoms with E-state index < -0.39 is 0 Å². The molecule has 6 rings (SSSR count). The second-order valence-corrected chi connectivity index (χ2v) is 12.9. The van der Waals surface area contributed by atoms with E-state index in [9.17, 15) is 0 Å². The quantitative estimate of drug-likeness (QED) is 0.159. The molecule has 4 aromatic carbocycles. The van der Waals surface area contributed by atoms with Crippen LogP contribution in [-0.4, -0.2) is 4.21 Å². The Bertz CT molecular complexity index is 1400. The molecule has 0 nitrogen and oxygen atoms in total. The zero-order chi connectivity index (χ0) is 30.9. The van der Waals surface area contributed by atoms with Gasteiger partial charge in [0.15, 0.2) is 0 Å². The summed E-state index contributed by atoms with van der Waals surface area (Å²) in [7, 11) is 0. The van der Waals surface area contributed by atoms with E-state index in [1.165, 1.54) is 74.3 Å². The SMILES string of the molecule is CC(C)(C)c1c[c-]c2c(c1)-c1cc(C(C)(C)C)ccc1C2.CC1=[C-]C(C)C=C1c1ccccc1.[CH2]=[Zr].[CH3-].[c-]1ccccc1. The molecule has 0 aliphatic heterocycles. The molecule has 2 aliphatic rings. The summed E-state index contributed by atoms with van der Waals surface area (Å²) >= 11 is 1.30. The molecule has 0 radical (unpaired) electrons. The number of benzene rings is 4. The van der Waals surface area contributed by atoms with Gasteiger partial charge in [0.05, 0.1) is 0 Å². The van der Waals surface area contributed by atoms with Crippen LogP contribution in [0.5, 0.6) is 0 Å². The van der Waals surface area contributed by atoms with Gasteiger partial charge in [-0.3, -0.25) is 6.08 Å². The number of fused-ring (bicyclic) bond motifs is 3. The molecule has 0 aromatic heterocycles. The average molecular weight is 644 g/mol. The Morgan fingerprint density at radius 3 is 1.84 bits per heavy atom. The van der Waals surface area contributed by atoms with Crippen LogP contribution in [-0.2, 0) is 41.5 Å². The van der Waals surface area contributed by atoms with E-state index in [1.807, 2.05) is 36.4 Å². The average Bonchev–Trinajstić information content (AvgIpc) is 3.53. The summed E-state index contributed by atoms with van der Waals surface area (Å²) in [6, 6.07) is 38.1. The Balaban J connectivity index is 0.000000249. The minimum absolute atomic E-state index is 0. The molecule has 0 heterocycles.